The molecule has 0 amide bonds. The number of rotatable bonds is 8. The van der Waals surface area contributed by atoms with Crippen molar-refractivity contribution in [3.05, 3.63) is 48.0 Å². The summed E-state index contributed by atoms with van der Waals surface area (Å²) >= 11 is 0. The fourth-order valence-electron chi connectivity index (χ4n) is 2.54. The average Bonchev–Trinajstić information content (AvgIpc) is 3.07. The van der Waals surface area contributed by atoms with Gasteiger partial charge in [-0.3, -0.25) is 0 Å². The zero-order valence-corrected chi connectivity index (χ0v) is 14.7. The second kappa shape index (κ2) is 7.90. The highest BCUT2D eigenvalue weighted by atomic mass is 16.5. The average molecular weight is 341 g/mol. The summed E-state index contributed by atoms with van der Waals surface area (Å²) in [6.07, 6.45) is 0. The van der Waals surface area contributed by atoms with E-state index in [0.29, 0.717) is 12.6 Å². The zero-order chi connectivity index (χ0) is 17.6. The molecule has 3 aromatic rings. The Labute approximate surface area is 147 Å². The number of oxazole rings is 1. The number of ether oxygens (including phenoxy) is 2. The standard InChI is InChI=1S/C19H23N3O3/c1-13(11-21-19-22-15-6-4-5-7-16(15)25-19)20-12-14-8-9-17(23-2)18(10-14)24-3/h4-10,13,20H,11-12H2,1-3H3,(H,21,22). The van der Waals surface area contributed by atoms with Crippen molar-refractivity contribution in [1.29, 1.82) is 0 Å². The third-order valence-corrected chi connectivity index (χ3v) is 3.96. The summed E-state index contributed by atoms with van der Waals surface area (Å²) in [6, 6.07) is 14.4. The SMILES string of the molecule is COc1ccc(CNC(C)CNc2nc3ccccc3o2)cc1OC. The van der Waals surface area contributed by atoms with Gasteiger partial charge >= 0.3 is 0 Å². The molecule has 0 aliphatic carbocycles. The van der Waals surface area contributed by atoms with Gasteiger partial charge in [0.15, 0.2) is 17.1 Å². The Kier molecular flexibility index (Phi) is 5.40. The number of benzene rings is 2. The number of para-hydroxylation sites is 2. The van der Waals surface area contributed by atoms with Crippen LogP contribution in [0.25, 0.3) is 11.1 Å². The minimum Gasteiger partial charge on any atom is -0.493 e. The van der Waals surface area contributed by atoms with E-state index < -0.39 is 0 Å². The van der Waals surface area contributed by atoms with E-state index in [1.54, 1.807) is 14.2 Å². The molecule has 0 aliphatic heterocycles. The molecule has 0 saturated heterocycles. The number of nitrogens with zero attached hydrogens (tertiary/aromatic N) is 1. The van der Waals surface area contributed by atoms with Crippen molar-refractivity contribution in [2.75, 3.05) is 26.1 Å². The molecular formula is C19H23N3O3. The number of anilines is 1. The van der Waals surface area contributed by atoms with E-state index in [1.807, 2.05) is 42.5 Å². The first kappa shape index (κ1) is 17.1. The predicted molar refractivity (Wildman–Crippen MR) is 98.3 cm³/mol. The highest BCUT2D eigenvalue weighted by molar-refractivity contribution is 5.74. The lowest BCUT2D eigenvalue weighted by molar-refractivity contribution is 0.354. The first-order valence-electron chi connectivity index (χ1n) is 8.23. The molecule has 1 heterocycles. The molecule has 0 saturated carbocycles. The van der Waals surface area contributed by atoms with E-state index in [2.05, 4.69) is 22.5 Å². The zero-order valence-electron chi connectivity index (χ0n) is 14.7. The number of aromatic nitrogens is 1. The van der Waals surface area contributed by atoms with Crippen LogP contribution in [0.4, 0.5) is 6.01 Å². The molecule has 3 rings (SSSR count). The van der Waals surface area contributed by atoms with Crippen LogP contribution < -0.4 is 20.1 Å². The normalized spacial score (nSPS) is 12.1. The molecule has 1 aromatic heterocycles. The van der Waals surface area contributed by atoms with E-state index >= 15 is 0 Å². The minimum atomic E-state index is 0.239. The van der Waals surface area contributed by atoms with Crippen LogP contribution >= 0.6 is 0 Å². The van der Waals surface area contributed by atoms with Gasteiger partial charge in [0.2, 0.25) is 0 Å². The summed E-state index contributed by atoms with van der Waals surface area (Å²) in [5, 5.41) is 6.69. The Balaban J connectivity index is 1.51. The Bertz CT molecular complexity index is 799. The van der Waals surface area contributed by atoms with Gasteiger partial charge in [-0.1, -0.05) is 18.2 Å². The van der Waals surface area contributed by atoms with Crippen molar-refractivity contribution in [2.24, 2.45) is 0 Å². The molecule has 25 heavy (non-hydrogen) atoms. The summed E-state index contributed by atoms with van der Waals surface area (Å²) in [7, 11) is 3.28. The maximum Gasteiger partial charge on any atom is 0.295 e. The van der Waals surface area contributed by atoms with E-state index in [0.717, 1.165) is 34.7 Å². The number of methoxy groups -OCH3 is 2. The summed E-state index contributed by atoms with van der Waals surface area (Å²) in [4.78, 5) is 4.41. The molecule has 0 bridgehead atoms. The molecule has 0 radical (unpaired) electrons. The monoisotopic (exact) mass is 341 g/mol. The van der Waals surface area contributed by atoms with Crippen molar-refractivity contribution >= 4 is 17.1 Å². The second-order valence-corrected chi connectivity index (χ2v) is 5.84. The first-order chi connectivity index (χ1) is 12.2. The fraction of sp³-hybridized carbons (Fsp3) is 0.316. The largest absolute Gasteiger partial charge is 0.493 e. The Hall–Kier alpha value is -2.73. The van der Waals surface area contributed by atoms with Gasteiger partial charge in [-0.25, -0.2) is 0 Å². The summed E-state index contributed by atoms with van der Waals surface area (Å²) in [5.74, 6) is 1.47. The van der Waals surface area contributed by atoms with E-state index in [1.165, 1.54) is 0 Å². The number of fused-ring (bicyclic) bond motifs is 1. The third kappa shape index (κ3) is 4.22. The molecule has 132 valence electrons. The molecule has 1 atom stereocenters. The summed E-state index contributed by atoms with van der Waals surface area (Å²) in [6.45, 7) is 3.55. The Morgan fingerprint density at radius 3 is 2.64 bits per heavy atom. The Morgan fingerprint density at radius 1 is 1.08 bits per heavy atom. The van der Waals surface area contributed by atoms with Crippen LogP contribution in [0.15, 0.2) is 46.9 Å². The highest BCUT2D eigenvalue weighted by Crippen LogP contribution is 2.27. The van der Waals surface area contributed by atoms with Gasteiger partial charge in [0, 0.05) is 19.1 Å². The molecule has 0 spiro atoms. The summed E-state index contributed by atoms with van der Waals surface area (Å²) < 4.78 is 16.2. The Morgan fingerprint density at radius 2 is 1.88 bits per heavy atom. The molecule has 6 heteroatoms. The highest BCUT2D eigenvalue weighted by Gasteiger charge is 2.08. The third-order valence-electron chi connectivity index (χ3n) is 3.96. The number of hydrogen-bond donors (Lipinski definition) is 2. The molecule has 1 unspecified atom stereocenters. The maximum absolute atomic E-state index is 5.66. The molecular weight excluding hydrogens is 318 g/mol. The molecule has 0 fully saturated rings. The van der Waals surface area contributed by atoms with Crippen LogP contribution in [0.3, 0.4) is 0 Å². The van der Waals surface area contributed by atoms with E-state index in [-0.39, 0.29) is 6.04 Å². The van der Waals surface area contributed by atoms with Gasteiger partial charge in [-0.2, -0.15) is 4.98 Å². The topological polar surface area (TPSA) is 68.5 Å². The molecule has 6 nitrogen and oxygen atoms in total. The van der Waals surface area contributed by atoms with Gasteiger partial charge < -0.3 is 24.5 Å². The maximum atomic E-state index is 5.66. The van der Waals surface area contributed by atoms with E-state index in [9.17, 15) is 0 Å². The quantitative estimate of drug-likeness (QED) is 0.654. The van der Waals surface area contributed by atoms with Crippen molar-refractivity contribution < 1.29 is 13.9 Å². The van der Waals surface area contributed by atoms with Crippen molar-refractivity contribution in [1.82, 2.24) is 10.3 Å². The van der Waals surface area contributed by atoms with Crippen LogP contribution in [0.5, 0.6) is 11.5 Å². The van der Waals surface area contributed by atoms with Gasteiger partial charge in [-0.05, 0) is 36.8 Å². The molecule has 0 aliphatic rings. The smallest absolute Gasteiger partial charge is 0.295 e. The van der Waals surface area contributed by atoms with Crippen LogP contribution in [0, 0.1) is 0 Å². The van der Waals surface area contributed by atoms with Crippen LogP contribution in [0.1, 0.15) is 12.5 Å². The van der Waals surface area contributed by atoms with Crippen molar-refractivity contribution in [2.45, 2.75) is 19.5 Å². The molecule has 2 N–H and O–H groups in total. The van der Waals surface area contributed by atoms with Crippen LogP contribution in [-0.2, 0) is 6.54 Å². The van der Waals surface area contributed by atoms with Gasteiger partial charge in [0.05, 0.1) is 14.2 Å². The van der Waals surface area contributed by atoms with Gasteiger partial charge in [-0.15, -0.1) is 0 Å². The van der Waals surface area contributed by atoms with Gasteiger partial charge in [0.25, 0.3) is 6.01 Å². The van der Waals surface area contributed by atoms with Crippen LogP contribution in [-0.4, -0.2) is 31.8 Å². The lowest BCUT2D eigenvalue weighted by Gasteiger charge is -2.15. The predicted octanol–water partition coefficient (Wildman–Crippen LogP) is 3.44. The number of hydrogen-bond acceptors (Lipinski definition) is 6. The van der Waals surface area contributed by atoms with Crippen molar-refractivity contribution in [3.8, 4) is 11.5 Å². The number of nitrogens with one attached hydrogen (secondary N) is 2. The van der Waals surface area contributed by atoms with Gasteiger partial charge in [0.1, 0.15) is 5.52 Å². The van der Waals surface area contributed by atoms with E-state index in [4.69, 9.17) is 13.9 Å². The molecule has 2 aromatic carbocycles. The van der Waals surface area contributed by atoms with Crippen molar-refractivity contribution in [3.63, 3.8) is 0 Å². The lowest BCUT2D eigenvalue weighted by atomic mass is 10.2. The van der Waals surface area contributed by atoms with Crippen LogP contribution in [0.2, 0.25) is 0 Å². The second-order valence-electron chi connectivity index (χ2n) is 5.84. The fourth-order valence-corrected chi connectivity index (χ4v) is 2.54. The summed E-state index contributed by atoms with van der Waals surface area (Å²) in [5.41, 5.74) is 2.78. The minimum absolute atomic E-state index is 0.239. The first-order valence-corrected chi connectivity index (χ1v) is 8.23. The lowest BCUT2D eigenvalue weighted by Crippen LogP contribution is -2.32.